The van der Waals surface area contributed by atoms with Gasteiger partial charge in [0.25, 0.3) is 0 Å². The first-order valence-corrected chi connectivity index (χ1v) is 11.6. The molecule has 1 N–H and O–H groups in total. The molecule has 2 aliphatic rings. The summed E-state index contributed by atoms with van der Waals surface area (Å²) in [6.45, 7) is 1.34. The Morgan fingerprint density at radius 2 is 2.03 bits per heavy atom. The summed E-state index contributed by atoms with van der Waals surface area (Å²) in [7, 11) is 0. The SMILES string of the molecule is O=C(O)COc1cccc2c1CCC(Cn1cc(C(c3ccccc3)N3C=NC=CC3)cn1)C2. The highest BCUT2D eigenvalue weighted by molar-refractivity contribution is 5.68. The Bertz CT molecular complexity index is 1200. The van der Waals surface area contributed by atoms with Crippen molar-refractivity contribution in [3.63, 3.8) is 0 Å². The van der Waals surface area contributed by atoms with Crippen molar-refractivity contribution in [1.29, 1.82) is 0 Å². The largest absolute Gasteiger partial charge is 0.482 e. The van der Waals surface area contributed by atoms with Gasteiger partial charge in [-0.1, -0.05) is 42.5 Å². The van der Waals surface area contributed by atoms with Crippen molar-refractivity contribution >= 4 is 12.3 Å². The number of fused-ring (bicyclic) bond motifs is 1. The molecule has 2 atom stereocenters. The monoisotopic (exact) mass is 456 g/mol. The van der Waals surface area contributed by atoms with Crippen LogP contribution in [0.5, 0.6) is 5.75 Å². The second-order valence-electron chi connectivity index (χ2n) is 8.84. The van der Waals surface area contributed by atoms with Crippen LogP contribution in [0.2, 0.25) is 0 Å². The van der Waals surface area contributed by atoms with E-state index in [0.717, 1.165) is 43.5 Å². The van der Waals surface area contributed by atoms with Gasteiger partial charge in [0.1, 0.15) is 5.75 Å². The first-order chi connectivity index (χ1) is 16.7. The molecular formula is C27H28N4O3. The summed E-state index contributed by atoms with van der Waals surface area (Å²) < 4.78 is 7.57. The van der Waals surface area contributed by atoms with Gasteiger partial charge in [-0.15, -0.1) is 0 Å². The fraction of sp³-hybridized carbons (Fsp3) is 0.296. The molecule has 2 heterocycles. The number of aliphatic imine (C=N–C) groups is 1. The number of benzene rings is 2. The van der Waals surface area contributed by atoms with Gasteiger partial charge in [0.15, 0.2) is 6.61 Å². The Kier molecular flexibility index (Phi) is 6.42. The number of nitrogens with zero attached hydrogens (tertiary/aromatic N) is 4. The zero-order valence-electron chi connectivity index (χ0n) is 19.0. The minimum absolute atomic E-state index is 0.0599. The number of rotatable bonds is 8. The highest BCUT2D eigenvalue weighted by Gasteiger charge is 2.25. The lowest BCUT2D eigenvalue weighted by Crippen LogP contribution is -2.29. The van der Waals surface area contributed by atoms with Crippen molar-refractivity contribution in [2.45, 2.75) is 31.8 Å². The fourth-order valence-electron chi connectivity index (χ4n) is 4.95. The molecule has 7 heteroatoms. The predicted molar refractivity (Wildman–Crippen MR) is 130 cm³/mol. The minimum Gasteiger partial charge on any atom is -0.482 e. The Hall–Kier alpha value is -3.87. The smallest absolute Gasteiger partial charge is 0.341 e. The number of hydrogen-bond donors (Lipinski definition) is 1. The first-order valence-electron chi connectivity index (χ1n) is 11.6. The summed E-state index contributed by atoms with van der Waals surface area (Å²) in [5, 5.41) is 13.6. The molecular weight excluding hydrogens is 428 g/mol. The summed E-state index contributed by atoms with van der Waals surface area (Å²) in [4.78, 5) is 17.5. The molecule has 0 radical (unpaired) electrons. The molecule has 0 bridgehead atoms. The third-order valence-corrected chi connectivity index (χ3v) is 6.48. The Morgan fingerprint density at radius 1 is 1.15 bits per heavy atom. The molecule has 1 aliphatic carbocycles. The van der Waals surface area contributed by atoms with Crippen molar-refractivity contribution in [3.8, 4) is 5.75 Å². The van der Waals surface area contributed by atoms with Crippen LogP contribution < -0.4 is 4.74 Å². The third kappa shape index (κ3) is 4.88. The average molecular weight is 457 g/mol. The van der Waals surface area contributed by atoms with Crippen molar-refractivity contribution in [3.05, 3.63) is 95.5 Å². The van der Waals surface area contributed by atoms with Crippen LogP contribution in [0.25, 0.3) is 0 Å². The maximum absolute atomic E-state index is 10.9. The second-order valence-corrected chi connectivity index (χ2v) is 8.84. The van der Waals surface area contributed by atoms with Crippen molar-refractivity contribution in [2.24, 2.45) is 10.9 Å². The maximum Gasteiger partial charge on any atom is 0.341 e. The van der Waals surface area contributed by atoms with E-state index in [0.29, 0.717) is 11.7 Å². The van der Waals surface area contributed by atoms with E-state index in [9.17, 15) is 4.79 Å². The van der Waals surface area contributed by atoms with Gasteiger partial charge in [-0.05, 0) is 54.0 Å². The Balaban J connectivity index is 1.31. The number of carboxylic acid groups (broad SMARTS) is 1. The Labute approximate surface area is 199 Å². The van der Waals surface area contributed by atoms with E-state index in [-0.39, 0.29) is 12.6 Å². The molecule has 1 aromatic heterocycles. The number of ether oxygens (including phenoxy) is 1. The van der Waals surface area contributed by atoms with Crippen molar-refractivity contribution in [1.82, 2.24) is 14.7 Å². The summed E-state index contributed by atoms with van der Waals surface area (Å²) >= 11 is 0. The summed E-state index contributed by atoms with van der Waals surface area (Å²) in [6, 6.07) is 16.5. The lowest BCUT2D eigenvalue weighted by molar-refractivity contribution is -0.139. The van der Waals surface area contributed by atoms with E-state index in [1.54, 1.807) is 0 Å². The van der Waals surface area contributed by atoms with Gasteiger partial charge in [-0.25, -0.2) is 9.79 Å². The van der Waals surface area contributed by atoms with Crippen LogP contribution >= 0.6 is 0 Å². The molecule has 174 valence electrons. The van der Waals surface area contributed by atoms with Gasteiger partial charge in [0.05, 0.1) is 18.6 Å². The van der Waals surface area contributed by atoms with E-state index in [4.69, 9.17) is 14.9 Å². The number of hydrogen-bond acceptors (Lipinski definition) is 5. The van der Waals surface area contributed by atoms with Crippen LogP contribution in [-0.2, 0) is 24.2 Å². The molecule has 0 saturated heterocycles. The predicted octanol–water partition coefficient (Wildman–Crippen LogP) is 4.10. The van der Waals surface area contributed by atoms with Crippen LogP contribution in [0.1, 0.15) is 34.7 Å². The summed E-state index contributed by atoms with van der Waals surface area (Å²) in [6.07, 6.45) is 12.8. The molecule has 3 aromatic rings. The van der Waals surface area contributed by atoms with E-state index in [1.807, 2.05) is 36.9 Å². The zero-order valence-corrected chi connectivity index (χ0v) is 19.0. The highest BCUT2D eigenvalue weighted by atomic mass is 16.5. The fourth-order valence-corrected chi connectivity index (χ4v) is 4.95. The van der Waals surface area contributed by atoms with Gasteiger partial charge >= 0.3 is 5.97 Å². The molecule has 2 unspecified atom stereocenters. The van der Waals surface area contributed by atoms with E-state index < -0.39 is 5.97 Å². The van der Waals surface area contributed by atoms with Crippen LogP contribution in [0.4, 0.5) is 0 Å². The normalized spacial score (nSPS) is 17.9. The zero-order chi connectivity index (χ0) is 23.3. The minimum atomic E-state index is -0.957. The van der Waals surface area contributed by atoms with Crippen LogP contribution in [0.3, 0.4) is 0 Å². The highest BCUT2D eigenvalue weighted by Crippen LogP contribution is 2.33. The molecule has 0 fully saturated rings. The topological polar surface area (TPSA) is 80.0 Å². The molecule has 34 heavy (non-hydrogen) atoms. The first kappa shape index (κ1) is 21.9. The van der Waals surface area contributed by atoms with Crippen LogP contribution in [-0.4, -0.2) is 45.2 Å². The molecule has 0 amide bonds. The van der Waals surface area contributed by atoms with Crippen molar-refractivity contribution < 1.29 is 14.6 Å². The van der Waals surface area contributed by atoms with Gasteiger partial charge < -0.3 is 14.7 Å². The molecule has 2 aromatic carbocycles. The van der Waals surface area contributed by atoms with Crippen molar-refractivity contribution in [2.75, 3.05) is 13.2 Å². The third-order valence-electron chi connectivity index (χ3n) is 6.48. The van der Waals surface area contributed by atoms with Crippen LogP contribution in [0, 0.1) is 5.92 Å². The van der Waals surface area contributed by atoms with Gasteiger partial charge in [-0.3, -0.25) is 4.68 Å². The van der Waals surface area contributed by atoms with E-state index in [2.05, 4.69) is 57.2 Å². The van der Waals surface area contributed by atoms with E-state index >= 15 is 0 Å². The van der Waals surface area contributed by atoms with Gasteiger partial charge in [0, 0.05) is 31.0 Å². The lowest BCUT2D eigenvalue weighted by Gasteiger charge is -2.30. The number of carbonyl (C=O) groups is 1. The Morgan fingerprint density at radius 3 is 2.82 bits per heavy atom. The molecule has 1 aliphatic heterocycles. The molecule has 7 nitrogen and oxygen atoms in total. The standard InChI is InChI=1S/C27H28N4O3/c32-26(33)18-34-25-9-4-8-22-14-20(10-11-24(22)25)16-31-17-23(15-29-31)27(21-6-2-1-3-7-21)30-13-5-12-28-19-30/h1-9,12,15,17,19-20,27H,10-11,13-14,16,18H2,(H,32,33). The average Bonchev–Trinajstić information content (AvgIpc) is 3.31. The number of aliphatic carboxylic acids is 1. The summed E-state index contributed by atoms with van der Waals surface area (Å²) in [5.74, 6) is 0.203. The molecule has 5 rings (SSSR count). The van der Waals surface area contributed by atoms with E-state index in [1.165, 1.54) is 11.1 Å². The molecule has 0 spiro atoms. The maximum atomic E-state index is 10.9. The van der Waals surface area contributed by atoms with Crippen LogP contribution in [0.15, 0.2) is 78.2 Å². The van der Waals surface area contributed by atoms with Gasteiger partial charge in [-0.2, -0.15) is 5.10 Å². The van der Waals surface area contributed by atoms with Gasteiger partial charge in [0.2, 0.25) is 0 Å². The molecule has 0 saturated carbocycles. The number of carboxylic acids is 1. The second kappa shape index (κ2) is 9.95. The summed E-state index contributed by atoms with van der Waals surface area (Å²) in [5.41, 5.74) is 4.74. The number of aromatic nitrogens is 2. The quantitative estimate of drug-likeness (QED) is 0.552. The lowest BCUT2D eigenvalue weighted by atomic mass is 9.83.